The summed E-state index contributed by atoms with van der Waals surface area (Å²) in [7, 11) is 0. The van der Waals surface area contributed by atoms with Crippen molar-refractivity contribution in [1.29, 1.82) is 5.26 Å². The Kier molecular flexibility index (Phi) is 2.96. The van der Waals surface area contributed by atoms with Crippen LogP contribution in [-0.4, -0.2) is 9.55 Å². The van der Waals surface area contributed by atoms with Crippen LogP contribution < -0.4 is 0 Å². The number of para-hydroxylation sites is 1. The summed E-state index contributed by atoms with van der Waals surface area (Å²) >= 11 is 5.40. The lowest BCUT2D eigenvalue weighted by Crippen LogP contribution is -2.05. The molecule has 0 saturated carbocycles. The molecule has 20 heavy (non-hydrogen) atoms. The maximum absolute atomic E-state index is 9.16. The number of furan rings is 1. The molecule has 0 spiro atoms. The quantitative estimate of drug-likeness (QED) is 0.721. The molecule has 1 aromatic carbocycles. The Morgan fingerprint density at radius 1 is 1.35 bits per heavy atom. The first-order valence-electron chi connectivity index (χ1n) is 6.31. The van der Waals surface area contributed by atoms with Crippen LogP contribution in [-0.2, 0) is 0 Å². The lowest BCUT2D eigenvalue weighted by Gasteiger charge is -2.12. The highest BCUT2D eigenvalue weighted by molar-refractivity contribution is 7.71. The average Bonchev–Trinajstić information content (AvgIpc) is 3.00. The number of rotatable bonds is 2. The van der Waals surface area contributed by atoms with Crippen LogP contribution in [0.4, 0.5) is 0 Å². The van der Waals surface area contributed by atoms with Gasteiger partial charge in [-0.25, -0.2) is 0 Å². The molecule has 3 aromatic rings. The smallest absolute Gasteiger partial charge is 0.178 e. The minimum absolute atomic E-state index is 0.0288. The molecule has 0 fully saturated rings. The second-order valence-electron chi connectivity index (χ2n) is 4.74. The maximum Gasteiger partial charge on any atom is 0.178 e. The van der Waals surface area contributed by atoms with Crippen LogP contribution in [0.3, 0.4) is 0 Å². The normalized spacial score (nSPS) is 12.4. The molecule has 1 N–H and O–H groups in total. The molecule has 1 atom stereocenters. The highest BCUT2D eigenvalue weighted by atomic mass is 32.1. The first-order chi connectivity index (χ1) is 9.61. The van der Waals surface area contributed by atoms with Crippen molar-refractivity contribution < 1.29 is 4.42 Å². The van der Waals surface area contributed by atoms with E-state index in [4.69, 9.17) is 21.9 Å². The summed E-state index contributed by atoms with van der Waals surface area (Å²) < 4.78 is 8.25. The van der Waals surface area contributed by atoms with E-state index in [-0.39, 0.29) is 6.04 Å². The van der Waals surface area contributed by atoms with Crippen LogP contribution >= 0.6 is 12.2 Å². The van der Waals surface area contributed by atoms with Crippen molar-refractivity contribution in [2.24, 2.45) is 0 Å². The Morgan fingerprint density at radius 2 is 2.15 bits per heavy atom. The Bertz CT molecular complexity index is 879. The van der Waals surface area contributed by atoms with E-state index in [1.54, 1.807) is 6.07 Å². The third-order valence-corrected chi connectivity index (χ3v) is 3.73. The molecule has 4 nitrogen and oxygen atoms in total. The number of nitriles is 1. The molecule has 2 heterocycles. The number of aromatic amines is 1. The van der Waals surface area contributed by atoms with Gasteiger partial charge in [0.25, 0.3) is 0 Å². The zero-order valence-corrected chi connectivity index (χ0v) is 12.0. The van der Waals surface area contributed by atoms with Gasteiger partial charge in [-0.2, -0.15) is 5.26 Å². The third-order valence-electron chi connectivity index (χ3n) is 3.43. The summed E-state index contributed by atoms with van der Waals surface area (Å²) in [6.45, 7) is 3.94. The summed E-state index contributed by atoms with van der Waals surface area (Å²) in [5.41, 5.74) is 2.28. The van der Waals surface area contributed by atoms with Gasteiger partial charge in [-0.1, -0.05) is 6.07 Å². The summed E-state index contributed by atoms with van der Waals surface area (Å²) in [6, 6.07) is 11.6. The van der Waals surface area contributed by atoms with Crippen LogP contribution in [0.5, 0.6) is 0 Å². The van der Waals surface area contributed by atoms with Crippen molar-refractivity contribution in [1.82, 2.24) is 9.55 Å². The van der Waals surface area contributed by atoms with Crippen LogP contribution in [0, 0.1) is 23.0 Å². The summed E-state index contributed by atoms with van der Waals surface area (Å²) in [5.74, 6) is 1.72. The zero-order chi connectivity index (χ0) is 14.3. The molecule has 5 heteroatoms. The van der Waals surface area contributed by atoms with Gasteiger partial charge in [0.15, 0.2) is 4.77 Å². The highest BCUT2D eigenvalue weighted by Crippen LogP contribution is 2.26. The van der Waals surface area contributed by atoms with E-state index in [0.717, 1.165) is 22.6 Å². The van der Waals surface area contributed by atoms with Gasteiger partial charge in [0.2, 0.25) is 0 Å². The Hall–Kier alpha value is -2.32. The maximum atomic E-state index is 9.16. The predicted molar refractivity (Wildman–Crippen MR) is 79.1 cm³/mol. The molecule has 0 amide bonds. The first-order valence-corrected chi connectivity index (χ1v) is 6.72. The number of aryl methyl sites for hydroxylation is 1. The topological polar surface area (TPSA) is 57.6 Å². The summed E-state index contributed by atoms with van der Waals surface area (Å²) in [4.78, 5) is 3.12. The van der Waals surface area contributed by atoms with Gasteiger partial charge in [0, 0.05) is 0 Å². The minimum Gasteiger partial charge on any atom is -0.464 e. The van der Waals surface area contributed by atoms with Crippen molar-refractivity contribution in [3.63, 3.8) is 0 Å². The largest absolute Gasteiger partial charge is 0.464 e. The standard InChI is InChI=1S/C15H13N3OS/c1-9-6-7-13(19-9)10(2)18-12-5-3-4-11(8-16)14(12)17-15(18)20/h3-7,10H,1-2H3,(H,17,20). The number of benzene rings is 1. The van der Waals surface area contributed by atoms with Crippen molar-refractivity contribution in [2.75, 3.05) is 0 Å². The van der Waals surface area contributed by atoms with E-state index >= 15 is 0 Å². The molecule has 1 unspecified atom stereocenters. The molecule has 3 rings (SSSR count). The SMILES string of the molecule is Cc1ccc(C(C)n2c(=S)[nH]c3c(C#N)cccc32)o1. The number of hydrogen-bond acceptors (Lipinski definition) is 3. The predicted octanol–water partition coefficient (Wildman–Crippen LogP) is 4.08. The Labute approximate surface area is 121 Å². The van der Waals surface area contributed by atoms with Crippen molar-refractivity contribution in [3.8, 4) is 6.07 Å². The van der Waals surface area contributed by atoms with Gasteiger partial charge < -0.3 is 14.0 Å². The summed E-state index contributed by atoms with van der Waals surface area (Å²) in [6.07, 6.45) is 0. The van der Waals surface area contributed by atoms with Crippen molar-refractivity contribution in [2.45, 2.75) is 19.9 Å². The average molecular weight is 283 g/mol. The zero-order valence-electron chi connectivity index (χ0n) is 11.2. The van der Waals surface area contributed by atoms with Crippen LogP contribution in [0.25, 0.3) is 11.0 Å². The van der Waals surface area contributed by atoms with Crippen molar-refractivity contribution in [3.05, 3.63) is 52.2 Å². The monoisotopic (exact) mass is 283 g/mol. The second kappa shape index (κ2) is 4.66. The minimum atomic E-state index is -0.0288. The molecule has 0 aliphatic carbocycles. The Morgan fingerprint density at radius 3 is 2.80 bits per heavy atom. The van der Waals surface area contributed by atoms with E-state index in [0.29, 0.717) is 10.3 Å². The fourth-order valence-electron chi connectivity index (χ4n) is 2.43. The van der Waals surface area contributed by atoms with Gasteiger partial charge in [-0.15, -0.1) is 0 Å². The second-order valence-corrected chi connectivity index (χ2v) is 5.12. The van der Waals surface area contributed by atoms with E-state index in [9.17, 15) is 0 Å². The summed E-state index contributed by atoms with van der Waals surface area (Å²) in [5, 5.41) is 9.16. The van der Waals surface area contributed by atoms with Gasteiger partial charge in [-0.05, 0) is 50.3 Å². The van der Waals surface area contributed by atoms with E-state index < -0.39 is 0 Å². The lowest BCUT2D eigenvalue weighted by atomic mass is 10.2. The fourth-order valence-corrected chi connectivity index (χ4v) is 2.79. The number of nitrogens with one attached hydrogen (secondary N) is 1. The van der Waals surface area contributed by atoms with Crippen LogP contribution in [0.15, 0.2) is 34.7 Å². The number of nitrogens with zero attached hydrogens (tertiary/aromatic N) is 2. The van der Waals surface area contributed by atoms with E-state index in [2.05, 4.69) is 11.1 Å². The van der Waals surface area contributed by atoms with Gasteiger partial charge >= 0.3 is 0 Å². The lowest BCUT2D eigenvalue weighted by molar-refractivity contribution is 0.431. The van der Waals surface area contributed by atoms with E-state index in [1.807, 2.05) is 42.7 Å². The molecule has 2 aromatic heterocycles. The number of hydrogen-bond donors (Lipinski definition) is 1. The Balaban J connectivity index is 2.24. The number of aromatic nitrogens is 2. The molecule has 100 valence electrons. The third kappa shape index (κ3) is 1.86. The molecule has 0 aliphatic heterocycles. The number of fused-ring (bicyclic) bond motifs is 1. The van der Waals surface area contributed by atoms with Gasteiger partial charge in [-0.3, -0.25) is 0 Å². The highest BCUT2D eigenvalue weighted by Gasteiger charge is 2.17. The molecule has 0 radical (unpaired) electrons. The molecular formula is C15H13N3OS. The van der Waals surface area contributed by atoms with Gasteiger partial charge in [0.05, 0.1) is 22.6 Å². The molecule has 0 bridgehead atoms. The molecule has 0 aliphatic rings. The van der Waals surface area contributed by atoms with Crippen LogP contribution in [0.2, 0.25) is 0 Å². The fraction of sp³-hybridized carbons (Fsp3) is 0.200. The molecular weight excluding hydrogens is 270 g/mol. The van der Waals surface area contributed by atoms with Crippen LogP contribution in [0.1, 0.15) is 30.0 Å². The van der Waals surface area contributed by atoms with Gasteiger partial charge in [0.1, 0.15) is 17.6 Å². The first kappa shape index (κ1) is 12.7. The number of imidazole rings is 1. The molecule has 0 saturated heterocycles. The number of H-pyrrole nitrogens is 1. The van der Waals surface area contributed by atoms with E-state index in [1.165, 1.54) is 0 Å². The van der Waals surface area contributed by atoms with Crippen molar-refractivity contribution >= 4 is 23.3 Å².